The summed E-state index contributed by atoms with van der Waals surface area (Å²) in [6.07, 6.45) is 6.91. The van der Waals surface area contributed by atoms with E-state index in [1.807, 2.05) is 23.1 Å². The molecule has 1 saturated heterocycles. The zero-order chi connectivity index (χ0) is 23.4. The Morgan fingerprint density at radius 1 is 1.06 bits per heavy atom. The number of carbonyl (C=O) groups excluding carboxylic acids is 2. The molecule has 0 aromatic carbocycles. The number of rotatable bonds is 5. The lowest BCUT2D eigenvalue weighted by atomic mass is 9.92. The lowest BCUT2D eigenvalue weighted by Crippen LogP contribution is -2.44. The Balaban J connectivity index is 1.69. The number of aromatic nitrogens is 4. The van der Waals surface area contributed by atoms with Gasteiger partial charge in [-0.2, -0.15) is 0 Å². The first-order valence-electron chi connectivity index (χ1n) is 11.0. The smallest absolute Gasteiger partial charge is 0.222 e. The molecule has 9 nitrogen and oxygen atoms in total. The van der Waals surface area contributed by atoms with Gasteiger partial charge in [0.25, 0.3) is 0 Å². The zero-order valence-electron chi connectivity index (χ0n) is 18.9. The maximum absolute atomic E-state index is 12.1. The van der Waals surface area contributed by atoms with Crippen molar-refractivity contribution in [1.29, 1.82) is 0 Å². The number of anilines is 3. The normalized spacial score (nSPS) is 18.0. The standard InChI is InChI=1S/C24H27N7O2/c1-15-6-7-19(14-31(15)17(3)33)24-29-21(18-5-4-9-25-13-18)12-23(30-24)28-20-8-10-26-22(11-20)27-16(2)32/h4-5,8-13,15,19H,6-7,14H2,1-3H3,(H2,26,27,28,29,30,32)/t15-,19+/m0/s1. The van der Waals surface area contributed by atoms with E-state index in [0.717, 1.165) is 29.8 Å². The van der Waals surface area contributed by atoms with E-state index in [1.54, 1.807) is 37.6 Å². The number of amides is 2. The molecular weight excluding hydrogens is 418 g/mol. The van der Waals surface area contributed by atoms with Gasteiger partial charge in [-0.1, -0.05) is 0 Å². The second-order valence-corrected chi connectivity index (χ2v) is 8.27. The second-order valence-electron chi connectivity index (χ2n) is 8.27. The van der Waals surface area contributed by atoms with Crippen LogP contribution in [0.25, 0.3) is 11.3 Å². The van der Waals surface area contributed by atoms with Crippen molar-refractivity contribution in [2.75, 3.05) is 17.2 Å². The number of hydrogen-bond acceptors (Lipinski definition) is 7. The molecule has 0 spiro atoms. The predicted molar refractivity (Wildman–Crippen MR) is 126 cm³/mol. The fourth-order valence-electron chi connectivity index (χ4n) is 4.04. The van der Waals surface area contributed by atoms with Crippen LogP contribution in [0.15, 0.2) is 48.9 Å². The molecule has 4 rings (SSSR count). The van der Waals surface area contributed by atoms with Crippen LogP contribution in [0.1, 0.15) is 45.4 Å². The number of hydrogen-bond donors (Lipinski definition) is 2. The molecule has 0 unspecified atom stereocenters. The van der Waals surface area contributed by atoms with Gasteiger partial charge in [-0.3, -0.25) is 14.6 Å². The summed E-state index contributed by atoms with van der Waals surface area (Å²) >= 11 is 0. The van der Waals surface area contributed by atoms with Gasteiger partial charge in [0, 0.05) is 74.3 Å². The molecule has 1 fully saturated rings. The van der Waals surface area contributed by atoms with Gasteiger partial charge in [0.1, 0.15) is 17.5 Å². The number of nitrogens with one attached hydrogen (secondary N) is 2. The van der Waals surface area contributed by atoms with E-state index in [9.17, 15) is 9.59 Å². The van der Waals surface area contributed by atoms with Crippen LogP contribution < -0.4 is 10.6 Å². The van der Waals surface area contributed by atoms with Crippen molar-refractivity contribution in [1.82, 2.24) is 24.8 Å². The van der Waals surface area contributed by atoms with Gasteiger partial charge in [-0.05, 0) is 38.0 Å². The molecule has 0 bridgehead atoms. The first-order valence-corrected chi connectivity index (χ1v) is 11.0. The third-order valence-corrected chi connectivity index (χ3v) is 5.69. The van der Waals surface area contributed by atoms with Crippen LogP contribution in [-0.4, -0.2) is 49.2 Å². The molecule has 3 aromatic heterocycles. The van der Waals surface area contributed by atoms with E-state index in [2.05, 4.69) is 27.5 Å². The Bertz CT molecular complexity index is 1150. The van der Waals surface area contributed by atoms with E-state index in [-0.39, 0.29) is 23.8 Å². The molecule has 0 saturated carbocycles. The molecule has 0 aliphatic carbocycles. The van der Waals surface area contributed by atoms with Gasteiger partial charge < -0.3 is 15.5 Å². The topological polar surface area (TPSA) is 113 Å². The van der Waals surface area contributed by atoms with Crippen LogP contribution >= 0.6 is 0 Å². The molecule has 170 valence electrons. The van der Waals surface area contributed by atoms with E-state index >= 15 is 0 Å². The van der Waals surface area contributed by atoms with Crippen molar-refractivity contribution >= 4 is 29.1 Å². The molecule has 9 heteroatoms. The SMILES string of the molecule is CC(=O)Nc1cc(Nc2cc(-c3cccnc3)nc([C@@H]3CC[C@H](C)N(C(C)=O)C3)n2)ccn1. The van der Waals surface area contributed by atoms with E-state index in [4.69, 9.17) is 9.97 Å². The summed E-state index contributed by atoms with van der Waals surface area (Å²) in [5, 5.41) is 5.99. The summed E-state index contributed by atoms with van der Waals surface area (Å²) in [5.74, 6) is 1.67. The van der Waals surface area contributed by atoms with Crippen molar-refractivity contribution in [3.05, 3.63) is 54.7 Å². The molecule has 1 aliphatic rings. The molecule has 1 aliphatic heterocycles. The molecular formula is C24H27N7O2. The minimum atomic E-state index is -0.190. The molecule has 4 heterocycles. The van der Waals surface area contributed by atoms with Gasteiger partial charge in [-0.15, -0.1) is 0 Å². The number of pyridine rings is 2. The van der Waals surface area contributed by atoms with Crippen LogP contribution in [0.4, 0.5) is 17.3 Å². The third-order valence-electron chi connectivity index (χ3n) is 5.69. The summed E-state index contributed by atoms with van der Waals surface area (Å²) in [6, 6.07) is 9.44. The number of carbonyl (C=O) groups is 2. The van der Waals surface area contributed by atoms with Crippen molar-refractivity contribution in [2.45, 2.75) is 45.6 Å². The highest BCUT2D eigenvalue weighted by atomic mass is 16.2. The Morgan fingerprint density at radius 2 is 1.91 bits per heavy atom. The largest absolute Gasteiger partial charge is 0.340 e. The van der Waals surface area contributed by atoms with Gasteiger partial charge in [0.05, 0.1) is 5.69 Å². The quantitative estimate of drug-likeness (QED) is 0.615. The molecule has 2 atom stereocenters. The molecule has 0 radical (unpaired) electrons. The van der Waals surface area contributed by atoms with E-state index in [1.165, 1.54) is 6.92 Å². The number of likely N-dealkylation sites (tertiary alicyclic amines) is 1. The number of piperidine rings is 1. The van der Waals surface area contributed by atoms with Gasteiger partial charge in [0.2, 0.25) is 11.8 Å². The van der Waals surface area contributed by atoms with Crippen molar-refractivity contribution in [3.8, 4) is 11.3 Å². The maximum atomic E-state index is 12.1. The monoisotopic (exact) mass is 445 g/mol. The fourth-order valence-corrected chi connectivity index (χ4v) is 4.04. The summed E-state index contributed by atoms with van der Waals surface area (Å²) in [5.41, 5.74) is 2.36. The molecule has 2 N–H and O–H groups in total. The summed E-state index contributed by atoms with van der Waals surface area (Å²) in [4.78, 5) is 43.4. The minimum absolute atomic E-state index is 0.0367. The van der Waals surface area contributed by atoms with Crippen LogP contribution in [0, 0.1) is 0 Å². The Hall–Kier alpha value is -3.88. The molecule has 2 amide bonds. The van der Waals surface area contributed by atoms with Crippen molar-refractivity contribution in [3.63, 3.8) is 0 Å². The highest BCUT2D eigenvalue weighted by molar-refractivity contribution is 5.88. The summed E-state index contributed by atoms with van der Waals surface area (Å²) < 4.78 is 0. The van der Waals surface area contributed by atoms with Crippen LogP contribution in [0.2, 0.25) is 0 Å². The average molecular weight is 446 g/mol. The minimum Gasteiger partial charge on any atom is -0.340 e. The van der Waals surface area contributed by atoms with Crippen molar-refractivity contribution < 1.29 is 9.59 Å². The maximum Gasteiger partial charge on any atom is 0.222 e. The Labute approximate surface area is 192 Å². The van der Waals surface area contributed by atoms with E-state index < -0.39 is 0 Å². The predicted octanol–water partition coefficient (Wildman–Crippen LogP) is 3.75. The molecule has 33 heavy (non-hydrogen) atoms. The van der Waals surface area contributed by atoms with Crippen LogP contribution in [-0.2, 0) is 9.59 Å². The second kappa shape index (κ2) is 9.72. The highest BCUT2D eigenvalue weighted by Gasteiger charge is 2.30. The molecule has 3 aromatic rings. The van der Waals surface area contributed by atoms with Crippen LogP contribution in [0.5, 0.6) is 0 Å². The highest BCUT2D eigenvalue weighted by Crippen LogP contribution is 2.31. The lowest BCUT2D eigenvalue weighted by molar-refractivity contribution is -0.132. The first kappa shape index (κ1) is 22.3. The number of nitrogens with zero attached hydrogens (tertiary/aromatic N) is 5. The Kier molecular flexibility index (Phi) is 6.58. The van der Waals surface area contributed by atoms with Gasteiger partial charge >= 0.3 is 0 Å². The van der Waals surface area contributed by atoms with E-state index in [0.29, 0.717) is 24.0 Å². The average Bonchev–Trinajstić information content (AvgIpc) is 2.79. The summed E-state index contributed by atoms with van der Waals surface area (Å²) in [7, 11) is 0. The van der Waals surface area contributed by atoms with Crippen molar-refractivity contribution in [2.24, 2.45) is 0 Å². The first-order chi connectivity index (χ1) is 15.9. The fraction of sp³-hybridized carbons (Fsp3) is 0.333. The Morgan fingerprint density at radius 3 is 2.64 bits per heavy atom. The van der Waals surface area contributed by atoms with Gasteiger partial charge in [0.15, 0.2) is 0 Å². The third kappa shape index (κ3) is 5.49. The van der Waals surface area contributed by atoms with Crippen LogP contribution in [0.3, 0.4) is 0 Å². The lowest BCUT2D eigenvalue weighted by Gasteiger charge is -2.37. The summed E-state index contributed by atoms with van der Waals surface area (Å²) in [6.45, 7) is 5.71. The van der Waals surface area contributed by atoms with Gasteiger partial charge in [-0.25, -0.2) is 15.0 Å². The zero-order valence-corrected chi connectivity index (χ0v) is 18.9.